The summed E-state index contributed by atoms with van der Waals surface area (Å²) in [5.41, 5.74) is 8.33. The molecule has 0 saturated carbocycles. The summed E-state index contributed by atoms with van der Waals surface area (Å²) in [5, 5.41) is 20.5. The van der Waals surface area contributed by atoms with Crippen LogP contribution in [0.3, 0.4) is 0 Å². The van der Waals surface area contributed by atoms with E-state index < -0.39 is 0 Å². The maximum Gasteiger partial charge on any atom is 0.249 e. The van der Waals surface area contributed by atoms with E-state index in [2.05, 4.69) is 30.7 Å². The molecule has 0 fully saturated rings. The molecule has 0 radical (unpaired) electrons. The zero-order valence-corrected chi connectivity index (χ0v) is 15.0. The zero-order chi connectivity index (χ0) is 19.5. The molecule has 0 amide bonds. The number of aryl methyl sites for hydroxylation is 1. The Hall–Kier alpha value is -4.14. The quantitative estimate of drug-likeness (QED) is 0.392. The van der Waals surface area contributed by atoms with Crippen molar-refractivity contribution in [3.05, 3.63) is 66.5 Å². The summed E-state index contributed by atoms with van der Waals surface area (Å²) in [6.45, 7) is 1.89. The number of aromatic hydroxyl groups is 1. The van der Waals surface area contributed by atoms with E-state index in [4.69, 9.17) is 5.73 Å². The first-order chi connectivity index (χ1) is 13.6. The van der Waals surface area contributed by atoms with Crippen molar-refractivity contribution in [2.75, 3.05) is 16.4 Å². The Morgan fingerprint density at radius 1 is 1.00 bits per heavy atom. The predicted octanol–water partition coefficient (Wildman–Crippen LogP) is 3.14. The van der Waals surface area contributed by atoms with Crippen LogP contribution in [0.2, 0.25) is 0 Å². The third kappa shape index (κ3) is 3.68. The van der Waals surface area contributed by atoms with Gasteiger partial charge in [-0.1, -0.05) is 24.3 Å². The molecule has 0 aliphatic heterocycles. The number of aromatic nitrogens is 5. The van der Waals surface area contributed by atoms with Gasteiger partial charge in [0.05, 0.1) is 5.69 Å². The van der Waals surface area contributed by atoms with Crippen LogP contribution >= 0.6 is 0 Å². The van der Waals surface area contributed by atoms with Crippen LogP contribution in [-0.4, -0.2) is 29.8 Å². The molecule has 0 bridgehead atoms. The second kappa shape index (κ2) is 7.23. The fourth-order valence-electron chi connectivity index (χ4n) is 2.61. The first-order valence-electron chi connectivity index (χ1n) is 8.52. The number of nitrogens with one attached hydrogen (secondary N) is 2. The molecule has 2 aromatic heterocycles. The van der Waals surface area contributed by atoms with Gasteiger partial charge in [0.25, 0.3) is 0 Å². The molecule has 2 aromatic carbocycles. The van der Waals surface area contributed by atoms with E-state index in [0.29, 0.717) is 17.3 Å². The number of nitrogen functional groups attached to an aromatic ring is 1. The highest BCUT2D eigenvalue weighted by molar-refractivity contribution is 5.63. The summed E-state index contributed by atoms with van der Waals surface area (Å²) in [5.74, 6) is 1.55. The molecular weight excluding hydrogens is 356 g/mol. The molecule has 0 saturated heterocycles. The molecule has 4 aromatic rings. The van der Waals surface area contributed by atoms with Crippen LogP contribution in [0.15, 0.2) is 60.9 Å². The van der Waals surface area contributed by atoms with Gasteiger partial charge in [-0.2, -0.15) is 9.67 Å². The molecule has 5 N–H and O–H groups in total. The number of phenolic OH excluding ortho intramolecular Hbond substituents is 1. The average Bonchev–Trinajstić information content (AvgIpc) is 3.05. The fraction of sp³-hybridized carbons (Fsp3) is 0.0526. The Kier molecular flexibility index (Phi) is 4.47. The van der Waals surface area contributed by atoms with Crippen molar-refractivity contribution >= 4 is 29.1 Å². The zero-order valence-electron chi connectivity index (χ0n) is 15.0. The molecule has 4 rings (SSSR count). The van der Waals surface area contributed by atoms with Crippen LogP contribution in [0.4, 0.5) is 29.1 Å². The molecule has 0 aliphatic rings. The summed E-state index contributed by atoms with van der Waals surface area (Å²) in [6, 6.07) is 16.6. The van der Waals surface area contributed by atoms with Crippen LogP contribution in [0.25, 0.3) is 5.82 Å². The van der Waals surface area contributed by atoms with Crippen molar-refractivity contribution in [3.8, 4) is 11.6 Å². The third-order valence-electron chi connectivity index (χ3n) is 3.95. The second-order valence-corrected chi connectivity index (χ2v) is 6.10. The Morgan fingerprint density at radius 3 is 2.61 bits per heavy atom. The van der Waals surface area contributed by atoms with Crippen LogP contribution in [0.5, 0.6) is 5.75 Å². The number of para-hydroxylation sites is 1. The van der Waals surface area contributed by atoms with E-state index in [1.54, 1.807) is 18.2 Å². The summed E-state index contributed by atoms with van der Waals surface area (Å²) >= 11 is 0. The third-order valence-corrected chi connectivity index (χ3v) is 3.95. The standard InChI is InChI=1S/C19H18N8O/c1-12-7-8-14(15(28)9-12)24-19-25-18(20)27(26-19)17-10-16(21-11-22-17)23-13-5-3-2-4-6-13/h2-11,28H,1H3,(H,21,22,23)(H3,20,24,25,26). The molecule has 9 nitrogen and oxygen atoms in total. The van der Waals surface area contributed by atoms with Gasteiger partial charge in [0.2, 0.25) is 11.9 Å². The van der Waals surface area contributed by atoms with Crippen LogP contribution in [0.1, 0.15) is 5.56 Å². The van der Waals surface area contributed by atoms with Gasteiger partial charge < -0.3 is 21.5 Å². The van der Waals surface area contributed by atoms with Crippen LogP contribution in [-0.2, 0) is 0 Å². The van der Waals surface area contributed by atoms with Gasteiger partial charge in [0.1, 0.15) is 17.9 Å². The van der Waals surface area contributed by atoms with Gasteiger partial charge in [0.15, 0.2) is 5.82 Å². The van der Waals surface area contributed by atoms with Crippen molar-refractivity contribution < 1.29 is 5.11 Å². The lowest BCUT2D eigenvalue weighted by Gasteiger charge is -2.07. The molecule has 9 heteroatoms. The normalized spacial score (nSPS) is 10.6. The lowest BCUT2D eigenvalue weighted by molar-refractivity contribution is 0.477. The molecule has 0 atom stereocenters. The average molecular weight is 374 g/mol. The summed E-state index contributed by atoms with van der Waals surface area (Å²) in [7, 11) is 0. The van der Waals surface area contributed by atoms with Gasteiger partial charge in [-0.25, -0.2) is 9.97 Å². The maximum atomic E-state index is 10.0. The molecule has 0 unspecified atom stereocenters. The van der Waals surface area contributed by atoms with Gasteiger partial charge in [-0.05, 0) is 36.8 Å². The molecule has 0 aliphatic carbocycles. The first kappa shape index (κ1) is 17.3. The highest BCUT2D eigenvalue weighted by atomic mass is 16.3. The van der Waals surface area contributed by atoms with Crippen molar-refractivity contribution in [2.24, 2.45) is 0 Å². The van der Waals surface area contributed by atoms with Crippen molar-refractivity contribution in [1.29, 1.82) is 0 Å². The second-order valence-electron chi connectivity index (χ2n) is 6.10. The van der Waals surface area contributed by atoms with Crippen molar-refractivity contribution in [2.45, 2.75) is 6.92 Å². The fourth-order valence-corrected chi connectivity index (χ4v) is 2.61. The van der Waals surface area contributed by atoms with E-state index in [9.17, 15) is 5.11 Å². The highest BCUT2D eigenvalue weighted by Crippen LogP contribution is 2.27. The SMILES string of the molecule is Cc1ccc(Nc2nc(N)n(-c3cc(Nc4ccccc4)ncn3)n2)c(O)c1. The maximum absolute atomic E-state index is 10.0. The van der Waals surface area contributed by atoms with E-state index in [0.717, 1.165) is 11.3 Å². The van der Waals surface area contributed by atoms with Gasteiger partial charge >= 0.3 is 0 Å². The predicted molar refractivity (Wildman–Crippen MR) is 107 cm³/mol. The minimum atomic E-state index is 0.103. The number of anilines is 5. The van der Waals surface area contributed by atoms with Gasteiger partial charge in [0, 0.05) is 11.8 Å². The lowest BCUT2D eigenvalue weighted by Crippen LogP contribution is -2.06. The van der Waals surface area contributed by atoms with E-state index in [1.165, 1.54) is 11.0 Å². The van der Waals surface area contributed by atoms with E-state index in [1.807, 2.05) is 43.3 Å². The Morgan fingerprint density at radius 2 is 1.82 bits per heavy atom. The lowest BCUT2D eigenvalue weighted by atomic mass is 10.2. The molecule has 28 heavy (non-hydrogen) atoms. The number of rotatable bonds is 5. The van der Waals surface area contributed by atoms with Crippen molar-refractivity contribution in [1.82, 2.24) is 24.7 Å². The van der Waals surface area contributed by atoms with E-state index in [-0.39, 0.29) is 17.6 Å². The summed E-state index contributed by atoms with van der Waals surface area (Å²) in [6.07, 6.45) is 1.42. The van der Waals surface area contributed by atoms with Gasteiger partial charge in [-0.3, -0.25) is 0 Å². The van der Waals surface area contributed by atoms with Gasteiger partial charge in [-0.15, -0.1) is 5.10 Å². The first-order valence-corrected chi connectivity index (χ1v) is 8.52. The molecule has 0 spiro atoms. The number of phenols is 1. The largest absolute Gasteiger partial charge is 0.506 e. The topological polar surface area (TPSA) is 127 Å². The van der Waals surface area contributed by atoms with E-state index >= 15 is 0 Å². The molecule has 140 valence electrons. The van der Waals surface area contributed by atoms with Crippen molar-refractivity contribution in [3.63, 3.8) is 0 Å². The molecular formula is C19H18N8O. The number of nitrogens with zero attached hydrogens (tertiary/aromatic N) is 5. The highest BCUT2D eigenvalue weighted by Gasteiger charge is 2.12. The number of nitrogens with two attached hydrogens (primary N) is 1. The number of hydrogen-bond donors (Lipinski definition) is 4. The minimum Gasteiger partial charge on any atom is -0.506 e. The van der Waals surface area contributed by atoms with Crippen LogP contribution in [0, 0.1) is 6.92 Å². The number of hydrogen-bond acceptors (Lipinski definition) is 8. The Balaban J connectivity index is 1.59. The Bertz CT molecular complexity index is 1110. The summed E-state index contributed by atoms with van der Waals surface area (Å²) < 4.78 is 1.39. The summed E-state index contributed by atoms with van der Waals surface area (Å²) in [4.78, 5) is 12.6. The monoisotopic (exact) mass is 374 g/mol. The smallest absolute Gasteiger partial charge is 0.249 e. The number of benzene rings is 2. The molecule has 2 heterocycles. The minimum absolute atomic E-state index is 0.103. The Labute approximate surface area is 160 Å². The van der Waals surface area contributed by atoms with Crippen LogP contribution < -0.4 is 16.4 Å².